The zero-order valence-electron chi connectivity index (χ0n) is 20.1. The van der Waals surface area contributed by atoms with Crippen molar-refractivity contribution in [3.05, 3.63) is 41.0 Å². The Bertz CT molecular complexity index is 1040. The lowest BCUT2D eigenvalue weighted by molar-refractivity contribution is 0.00644. The molecule has 0 bridgehead atoms. The topological polar surface area (TPSA) is 98.3 Å². The average molecular weight is 462 g/mol. The van der Waals surface area contributed by atoms with Crippen LogP contribution in [0.5, 0.6) is 0 Å². The Kier molecular flexibility index (Phi) is 6.80. The molecule has 0 radical (unpaired) electrons. The number of nitrogens with two attached hydrogens (primary N) is 1. The van der Waals surface area contributed by atoms with Crippen molar-refractivity contribution in [2.75, 3.05) is 5.73 Å². The lowest BCUT2D eigenvalue weighted by Gasteiger charge is -2.29. The van der Waals surface area contributed by atoms with Crippen molar-refractivity contribution in [3.8, 4) is 11.3 Å². The summed E-state index contributed by atoms with van der Waals surface area (Å²) >= 11 is 0. The van der Waals surface area contributed by atoms with E-state index in [0.29, 0.717) is 24.1 Å². The van der Waals surface area contributed by atoms with Crippen LogP contribution in [0.1, 0.15) is 88.3 Å². The van der Waals surface area contributed by atoms with E-state index in [1.54, 1.807) is 26.8 Å². The number of alkyl halides is 1. The number of esters is 1. The van der Waals surface area contributed by atoms with Crippen molar-refractivity contribution >= 4 is 11.8 Å². The largest absolute Gasteiger partial charge is 0.456 e. The summed E-state index contributed by atoms with van der Waals surface area (Å²) in [7, 11) is 0. The van der Waals surface area contributed by atoms with Crippen molar-refractivity contribution in [1.82, 2.24) is 9.97 Å². The number of hydrogen-bond acceptors (Lipinski definition) is 6. The first-order valence-corrected chi connectivity index (χ1v) is 11.2. The SMILES string of the molecule is CC(C)(C)OC(=O)c1ccc(-c2nc([C@H]3CC[C@H](O)[C@@H](F)C3)cnc2N)c(C(C)(C)C)c1F. The first-order valence-electron chi connectivity index (χ1n) is 11.2. The standard InChI is InChI=1S/C25H33F2N3O3/c1-24(2,3)19-14(8-9-15(20(19)27)23(32)33-25(4,5)6)21-22(28)29-12-17(30-21)13-7-10-18(31)16(26)11-13/h8-9,12-13,16,18,31H,7,10-11H2,1-6H3,(H2,28,29)/t13-,16-,18-/m0/s1. The lowest BCUT2D eigenvalue weighted by Crippen LogP contribution is -2.30. The molecule has 0 saturated heterocycles. The van der Waals surface area contributed by atoms with E-state index in [0.717, 1.165) is 0 Å². The number of anilines is 1. The molecule has 0 amide bonds. The van der Waals surface area contributed by atoms with Gasteiger partial charge < -0.3 is 15.6 Å². The highest BCUT2D eigenvalue weighted by atomic mass is 19.1. The number of nitrogens with zero attached hydrogens (tertiary/aromatic N) is 2. The summed E-state index contributed by atoms with van der Waals surface area (Å²) in [5.41, 5.74) is 6.04. The van der Waals surface area contributed by atoms with E-state index in [1.165, 1.54) is 12.3 Å². The van der Waals surface area contributed by atoms with Crippen LogP contribution >= 0.6 is 0 Å². The van der Waals surface area contributed by atoms with Gasteiger partial charge in [0.15, 0.2) is 0 Å². The van der Waals surface area contributed by atoms with Gasteiger partial charge >= 0.3 is 5.97 Å². The Labute approximate surface area is 193 Å². The van der Waals surface area contributed by atoms with Gasteiger partial charge in [0.25, 0.3) is 0 Å². The molecule has 1 aromatic carbocycles. The number of carbonyl (C=O) groups is 1. The number of carbonyl (C=O) groups excluding carboxylic acids is 1. The zero-order chi connectivity index (χ0) is 24.7. The Hall–Kier alpha value is -2.61. The molecule has 1 fully saturated rings. The molecule has 2 aromatic rings. The molecule has 180 valence electrons. The first-order chi connectivity index (χ1) is 15.2. The fourth-order valence-corrected chi connectivity index (χ4v) is 4.17. The average Bonchev–Trinajstić information content (AvgIpc) is 2.68. The summed E-state index contributed by atoms with van der Waals surface area (Å²) in [4.78, 5) is 21.5. The Morgan fingerprint density at radius 3 is 2.42 bits per heavy atom. The predicted molar refractivity (Wildman–Crippen MR) is 123 cm³/mol. The number of benzene rings is 1. The number of aromatic nitrogens is 2. The minimum atomic E-state index is -1.33. The van der Waals surface area contributed by atoms with Crippen molar-refractivity contribution in [2.24, 2.45) is 0 Å². The molecule has 6 nitrogen and oxygen atoms in total. The summed E-state index contributed by atoms with van der Waals surface area (Å²) in [6.07, 6.45) is 0.247. The van der Waals surface area contributed by atoms with E-state index in [-0.39, 0.29) is 35.0 Å². The molecule has 3 atom stereocenters. The number of nitrogen functional groups attached to an aromatic ring is 1. The quantitative estimate of drug-likeness (QED) is 0.618. The van der Waals surface area contributed by atoms with Crippen LogP contribution in [-0.4, -0.2) is 38.9 Å². The third kappa shape index (κ3) is 5.49. The monoisotopic (exact) mass is 461 g/mol. The maximum absolute atomic E-state index is 15.8. The zero-order valence-corrected chi connectivity index (χ0v) is 20.1. The van der Waals surface area contributed by atoms with E-state index >= 15 is 4.39 Å². The van der Waals surface area contributed by atoms with Crippen molar-refractivity contribution < 1.29 is 23.4 Å². The van der Waals surface area contributed by atoms with Crippen LogP contribution in [0.4, 0.5) is 14.6 Å². The maximum Gasteiger partial charge on any atom is 0.341 e. The van der Waals surface area contributed by atoms with E-state index in [1.807, 2.05) is 20.8 Å². The second kappa shape index (κ2) is 8.97. The molecule has 1 aliphatic rings. The first kappa shape index (κ1) is 25.0. The van der Waals surface area contributed by atoms with Gasteiger partial charge in [0.05, 0.1) is 23.6 Å². The molecule has 0 unspecified atom stereocenters. The van der Waals surface area contributed by atoms with Crippen molar-refractivity contribution in [1.29, 1.82) is 0 Å². The van der Waals surface area contributed by atoms with Crippen LogP contribution < -0.4 is 5.73 Å². The summed E-state index contributed by atoms with van der Waals surface area (Å²) in [5, 5.41) is 9.71. The van der Waals surface area contributed by atoms with Gasteiger partial charge in [0, 0.05) is 17.0 Å². The molecule has 33 heavy (non-hydrogen) atoms. The molecule has 8 heteroatoms. The molecule has 1 aliphatic carbocycles. The molecule has 3 rings (SSSR count). The number of rotatable bonds is 3. The number of aliphatic hydroxyl groups is 1. The summed E-state index contributed by atoms with van der Waals surface area (Å²) in [6.45, 7) is 10.6. The van der Waals surface area contributed by atoms with Gasteiger partial charge in [-0.05, 0) is 51.5 Å². The number of hydrogen-bond donors (Lipinski definition) is 2. The highest BCUT2D eigenvalue weighted by molar-refractivity contribution is 5.92. The van der Waals surface area contributed by atoms with E-state index in [4.69, 9.17) is 10.5 Å². The molecule has 3 N–H and O–H groups in total. The Balaban J connectivity index is 2.11. The minimum absolute atomic E-state index is 0.112. The van der Waals surface area contributed by atoms with Gasteiger partial charge in [-0.3, -0.25) is 0 Å². The molecular weight excluding hydrogens is 428 g/mol. The fourth-order valence-electron chi connectivity index (χ4n) is 4.17. The summed E-state index contributed by atoms with van der Waals surface area (Å²) in [6, 6.07) is 2.98. The van der Waals surface area contributed by atoms with Crippen LogP contribution in [0.3, 0.4) is 0 Å². The van der Waals surface area contributed by atoms with Crippen LogP contribution in [0.2, 0.25) is 0 Å². The molecular formula is C25H33F2N3O3. The van der Waals surface area contributed by atoms with Crippen LogP contribution in [-0.2, 0) is 10.2 Å². The summed E-state index contributed by atoms with van der Waals surface area (Å²) < 4.78 is 35.2. The van der Waals surface area contributed by atoms with E-state index < -0.39 is 35.1 Å². The minimum Gasteiger partial charge on any atom is -0.456 e. The third-order valence-corrected chi connectivity index (χ3v) is 5.74. The highest BCUT2D eigenvalue weighted by Crippen LogP contribution is 2.39. The molecule has 1 aromatic heterocycles. The van der Waals surface area contributed by atoms with Gasteiger partial charge in [-0.2, -0.15) is 0 Å². The number of halogens is 2. The predicted octanol–water partition coefficient (Wildman–Crippen LogP) is 5.08. The van der Waals surface area contributed by atoms with Crippen molar-refractivity contribution in [2.45, 2.75) is 90.0 Å². The fraction of sp³-hybridized carbons (Fsp3) is 0.560. The van der Waals surface area contributed by atoms with Gasteiger partial charge in [-0.15, -0.1) is 0 Å². The van der Waals surface area contributed by atoms with Crippen molar-refractivity contribution in [3.63, 3.8) is 0 Å². The van der Waals surface area contributed by atoms with Crippen LogP contribution in [0.15, 0.2) is 18.3 Å². The Morgan fingerprint density at radius 2 is 1.85 bits per heavy atom. The number of aliphatic hydroxyl groups excluding tert-OH is 1. The Morgan fingerprint density at radius 1 is 1.18 bits per heavy atom. The van der Waals surface area contributed by atoms with Gasteiger partial charge in [-0.25, -0.2) is 23.5 Å². The smallest absolute Gasteiger partial charge is 0.341 e. The molecule has 1 heterocycles. The molecule has 0 spiro atoms. The number of ether oxygens (including phenoxy) is 1. The van der Waals surface area contributed by atoms with E-state index in [9.17, 15) is 14.3 Å². The normalized spacial score (nSPS) is 21.7. The molecule has 1 saturated carbocycles. The third-order valence-electron chi connectivity index (χ3n) is 5.74. The van der Waals surface area contributed by atoms with Gasteiger partial charge in [0.1, 0.15) is 29.1 Å². The lowest BCUT2D eigenvalue weighted by atomic mass is 9.81. The second-order valence-electron chi connectivity index (χ2n) is 10.7. The molecule has 0 aliphatic heterocycles. The van der Waals surface area contributed by atoms with Crippen LogP contribution in [0, 0.1) is 5.82 Å². The maximum atomic E-state index is 15.8. The highest BCUT2D eigenvalue weighted by Gasteiger charge is 2.33. The summed E-state index contributed by atoms with van der Waals surface area (Å²) in [5.74, 6) is -1.55. The van der Waals surface area contributed by atoms with E-state index in [2.05, 4.69) is 9.97 Å². The van der Waals surface area contributed by atoms with Gasteiger partial charge in [-0.1, -0.05) is 26.8 Å². The second-order valence-corrected chi connectivity index (χ2v) is 10.7. The van der Waals surface area contributed by atoms with Crippen LogP contribution in [0.25, 0.3) is 11.3 Å². The van der Waals surface area contributed by atoms with Gasteiger partial charge in [0.2, 0.25) is 0 Å².